The lowest BCUT2D eigenvalue weighted by atomic mass is 9.63. The van der Waals surface area contributed by atoms with Crippen molar-refractivity contribution in [3.63, 3.8) is 0 Å². The second-order valence-electron chi connectivity index (χ2n) is 7.77. The van der Waals surface area contributed by atoms with Crippen molar-refractivity contribution < 1.29 is 9.90 Å². The van der Waals surface area contributed by atoms with E-state index in [4.69, 9.17) is 0 Å². The molecule has 5 atom stereocenters. The SMILES string of the molecule is CC1(C)CCC[C@@]2(C)[C@@H]3C(=O)C[C@@]2(C)[C@@H](O)[C@@H]31. The van der Waals surface area contributed by atoms with Gasteiger partial charge in [-0.3, -0.25) is 4.79 Å². The Morgan fingerprint density at radius 3 is 2.41 bits per heavy atom. The number of rotatable bonds is 0. The summed E-state index contributed by atoms with van der Waals surface area (Å²) in [6, 6.07) is 0. The summed E-state index contributed by atoms with van der Waals surface area (Å²) in [6.45, 7) is 8.89. The van der Waals surface area contributed by atoms with Gasteiger partial charge < -0.3 is 5.11 Å². The first-order valence-corrected chi connectivity index (χ1v) is 6.95. The molecule has 3 aliphatic carbocycles. The Morgan fingerprint density at radius 1 is 1.12 bits per heavy atom. The van der Waals surface area contributed by atoms with Gasteiger partial charge in [-0.05, 0) is 23.7 Å². The van der Waals surface area contributed by atoms with E-state index in [1.54, 1.807) is 0 Å². The number of carbonyl (C=O) groups excluding carboxylic acids is 1. The first-order chi connectivity index (χ1) is 7.74. The average Bonchev–Trinajstić information content (AvgIpc) is 2.44. The number of aliphatic hydroxyl groups is 1. The standard InChI is InChI=1S/C15H24O2/c1-13(2)6-5-7-14(3)10-9(16)8-15(14,4)12(17)11(10)13/h10-12,17H,5-8H2,1-4H3/t10-,11-,12+,14+,15+/m1/s1. The van der Waals surface area contributed by atoms with Crippen LogP contribution in [0.25, 0.3) is 0 Å². The molecule has 1 N–H and O–H groups in total. The molecule has 0 aliphatic heterocycles. The predicted octanol–water partition coefficient (Wildman–Crippen LogP) is 2.79. The Labute approximate surface area is 104 Å². The summed E-state index contributed by atoms with van der Waals surface area (Å²) in [4.78, 5) is 12.3. The third-order valence-corrected chi connectivity index (χ3v) is 6.65. The third kappa shape index (κ3) is 1.09. The number of hydrogen-bond acceptors (Lipinski definition) is 2. The van der Waals surface area contributed by atoms with Gasteiger partial charge in [0, 0.05) is 23.7 Å². The highest BCUT2D eigenvalue weighted by Gasteiger charge is 2.73. The lowest BCUT2D eigenvalue weighted by Gasteiger charge is -2.44. The second-order valence-corrected chi connectivity index (χ2v) is 7.77. The van der Waals surface area contributed by atoms with E-state index in [-0.39, 0.29) is 34.2 Å². The molecule has 3 rings (SSSR count). The van der Waals surface area contributed by atoms with Gasteiger partial charge in [-0.2, -0.15) is 0 Å². The quantitative estimate of drug-likeness (QED) is 0.702. The van der Waals surface area contributed by atoms with E-state index in [1.165, 1.54) is 6.42 Å². The fourth-order valence-corrected chi connectivity index (χ4v) is 5.40. The molecule has 0 radical (unpaired) electrons. The average molecular weight is 236 g/mol. The highest BCUT2D eigenvalue weighted by Crippen LogP contribution is 2.72. The fourth-order valence-electron chi connectivity index (χ4n) is 5.40. The van der Waals surface area contributed by atoms with Crippen molar-refractivity contribution in [3.05, 3.63) is 0 Å². The summed E-state index contributed by atoms with van der Waals surface area (Å²) in [6.07, 6.45) is 3.76. The molecule has 0 spiro atoms. The van der Waals surface area contributed by atoms with Gasteiger partial charge in [-0.1, -0.05) is 34.1 Å². The third-order valence-electron chi connectivity index (χ3n) is 6.65. The van der Waals surface area contributed by atoms with Crippen LogP contribution in [0.5, 0.6) is 0 Å². The van der Waals surface area contributed by atoms with Crippen LogP contribution in [0.15, 0.2) is 0 Å². The molecule has 0 amide bonds. The van der Waals surface area contributed by atoms with Gasteiger partial charge in [0.05, 0.1) is 6.10 Å². The van der Waals surface area contributed by atoms with Gasteiger partial charge >= 0.3 is 0 Å². The van der Waals surface area contributed by atoms with Crippen molar-refractivity contribution in [2.45, 2.75) is 59.5 Å². The van der Waals surface area contributed by atoms with Gasteiger partial charge in [0.15, 0.2) is 0 Å². The summed E-state index contributed by atoms with van der Waals surface area (Å²) in [5.74, 6) is 0.710. The summed E-state index contributed by atoms with van der Waals surface area (Å²) in [5, 5.41) is 10.7. The number of ketones is 1. The molecule has 0 saturated heterocycles. The molecule has 2 nitrogen and oxygen atoms in total. The van der Waals surface area contributed by atoms with Crippen molar-refractivity contribution >= 4 is 5.78 Å². The zero-order valence-electron chi connectivity index (χ0n) is 11.4. The van der Waals surface area contributed by atoms with Crippen LogP contribution in [0.2, 0.25) is 0 Å². The molecule has 0 aromatic rings. The monoisotopic (exact) mass is 236 g/mol. The Morgan fingerprint density at radius 2 is 1.76 bits per heavy atom. The van der Waals surface area contributed by atoms with E-state index in [1.807, 2.05) is 0 Å². The van der Waals surface area contributed by atoms with Crippen LogP contribution in [0.3, 0.4) is 0 Å². The maximum Gasteiger partial charge on any atom is 0.137 e. The van der Waals surface area contributed by atoms with Gasteiger partial charge in [0.25, 0.3) is 0 Å². The largest absolute Gasteiger partial charge is 0.392 e. The summed E-state index contributed by atoms with van der Waals surface area (Å²) >= 11 is 0. The Balaban J connectivity index is 2.19. The van der Waals surface area contributed by atoms with Crippen LogP contribution in [0.1, 0.15) is 53.4 Å². The number of Topliss-reactive ketones (excluding diaryl/α,β-unsaturated/α-hetero) is 1. The van der Waals surface area contributed by atoms with E-state index < -0.39 is 0 Å². The van der Waals surface area contributed by atoms with E-state index in [0.29, 0.717) is 12.2 Å². The maximum absolute atomic E-state index is 12.3. The fraction of sp³-hybridized carbons (Fsp3) is 0.933. The van der Waals surface area contributed by atoms with Crippen LogP contribution in [0.4, 0.5) is 0 Å². The molecular formula is C15H24O2. The minimum absolute atomic E-state index is 0.0436. The molecule has 0 heterocycles. The van der Waals surface area contributed by atoms with Crippen molar-refractivity contribution in [2.75, 3.05) is 0 Å². The molecule has 96 valence electrons. The molecule has 17 heavy (non-hydrogen) atoms. The summed E-state index contributed by atoms with van der Waals surface area (Å²) < 4.78 is 0. The Bertz CT molecular complexity index is 386. The molecule has 0 unspecified atom stereocenters. The molecule has 3 fully saturated rings. The molecule has 3 aliphatic rings. The number of carbonyl (C=O) groups is 1. The van der Waals surface area contributed by atoms with Gasteiger partial charge in [-0.25, -0.2) is 0 Å². The minimum Gasteiger partial charge on any atom is -0.392 e. The number of hydrogen-bond donors (Lipinski definition) is 1. The minimum atomic E-state index is -0.287. The number of aliphatic hydroxyl groups excluding tert-OH is 1. The van der Waals surface area contributed by atoms with Crippen LogP contribution >= 0.6 is 0 Å². The summed E-state index contributed by atoms with van der Waals surface area (Å²) in [5.41, 5.74) is -0.0191. The lowest BCUT2D eigenvalue weighted by Crippen LogP contribution is -2.45. The predicted molar refractivity (Wildman–Crippen MR) is 66.5 cm³/mol. The smallest absolute Gasteiger partial charge is 0.137 e. The van der Waals surface area contributed by atoms with E-state index in [2.05, 4.69) is 27.7 Å². The van der Waals surface area contributed by atoms with Gasteiger partial charge in [0.1, 0.15) is 5.78 Å². The lowest BCUT2D eigenvalue weighted by molar-refractivity contribution is -0.132. The van der Waals surface area contributed by atoms with Gasteiger partial charge in [0.2, 0.25) is 0 Å². The first-order valence-electron chi connectivity index (χ1n) is 6.95. The topological polar surface area (TPSA) is 37.3 Å². The van der Waals surface area contributed by atoms with Crippen LogP contribution in [-0.4, -0.2) is 17.0 Å². The molecule has 4 bridgehead atoms. The molecule has 3 saturated carbocycles. The normalized spacial score (nSPS) is 56.1. The second kappa shape index (κ2) is 2.96. The summed E-state index contributed by atoms with van der Waals surface area (Å²) in [7, 11) is 0. The van der Waals surface area contributed by atoms with Crippen LogP contribution in [-0.2, 0) is 4.79 Å². The van der Waals surface area contributed by atoms with E-state index in [9.17, 15) is 9.90 Å². The zero-order valence-corrected chi connectivity index (χ0v) is 11.4. The van der Waals surface area contributed by atoms with Crippen molar-refractivity contribution in [3.8, 4) is 0 Å². The highest BCUT2D eigenvalue weighted by atomic mass is 16.3. The Kier molecular flexibility index (Phi) is 2.04. The highest BCUT2D eigenvalue weighted by molar-refractivity contribution is 5.87. The molecule has 2 heteroatoms. The van der Waals surface area contributed by atoms with E-state index >= 15 is 0 Å². The molecule has 0 aromatic carbocycles. The first kappa shape index (κ1) is 11.7. The van der Waals surface area contributed by atoms with Crippen LogP contribution in [0, 0.1) is 28.1 Å². The van der Waals surface area contributed by atoms with Crippen LogP contribution < -0.4 is 0 Å². The molecule has 0 aromatic heterocycles. The molecular weight excluding hydrogens is 212 g/mol. The van der Waals surface area contributed by atoms with Crippen molar-refractivity contribution in [2.24, 2.45) is 28.1 Å². The zero-order chi connectivity index (χ0) is 12.6. The Hall–Kier alpha value is -0.370. The van der Waals surface area contributed by atoms with Gasteiger partial charge in [-0.15, -0.1) is 0 Å². The maximum atomic E-state index is 12.3. The van der Waals surface area contributed by atoms with Crippen molar-refractivity contribution in [1.29, 1.82) is 0 Å². The van der Waals surface area contributed by atoms with Crippen molar-refractivity contribution in [1.82, 2.24) is 0 Å². The van der Waals surface area contributed by atoms with E-state index in [0.717, 1.165) is 12.8 Å².